The van der Waals surface area contributed by atoms with Gasteiger partial charge in [0.05, 0.1) is 0 Å². The summed E-state index contributed by atoms with van der Waals surface area (Å²) in [4.78, 5) is 13.7. The predicted octanol–water partition coefficient (Wildman–Crippen LogP) is 3.76. The van der Waals surface area contributed by atoms with Gasteiger partial charge < -0.3 is 9.64 Å². The lowest BCUT2D eigenvalue weighted by atomic mass is 10.2. The van der Waals surface area contributed by atoms with Gasteiger partial charge in [-0.15, -0.1) is 0 Å². The minimum absolute atomic E-state index is 0.109. The highest BCUT2D eigenvalue weighted by Crippen LogP contribution is 2.13. The Morgan fingerprint density at radius 1 is 1.41 bits per heavy atom. The third kappa shape index (κ3) is 6.82. The fourth-order valence-electron chi connectivity index (χ4n) is 1.30. The van der Waals surface area contributed by atoms with E-state index in [1.165, 1.54) is 0 Å². The summed E-state index contributed by atoms with van der Waals surface area (Å²) in [6.07, 6.45) is 3.35. The van der Waals surface area contributed by atoms with E-state index in [0.29, 0.717) is 6.54 Å². The number of carbonyl (C=O) groups excluding carboxylic acids is 1. The summed E-state index contributed by atoms with van der Waals surface area (Å²) in [6.45, 7) is 15.8. The van der Waals surface area contributed by atoms with E-state index >= 15 is 0 Å². The minimum atomic E-state index is -0.458. The van der Waals surface area contributed by atoms with Crippen molar-refractivity contribution >= 4 is 6.09 Å². The molecule has 0 aliphatic heterocycles. The number of allylic oxidation sites excluding steroid dienone is 2. The molecule has 0 bridgehead atoms. The molecule has 0 saturated carbocycles. The van der Waals surface area contributed by atoms with Gasteiger partial charge in [0.15, 0.2) is 0 Å². The van der Waals surface area contributed by atoms with Crippen LogP contribution >= 0.6 is 0 Å². The van der Waals surface area contributed by atoms with Crippen LogP contribution in [0.2, 0.25) is 0 Å². The molecule has 0 aliphatic rings. The second-order valence-electron chi connectivity index (χ2n) is 5.45. The Morgan fingerprint density at radius 3 is 2.29 bits per heavy atom. The largest absolute Gasteiger partial charge is 0.444 e. The van der Waals surface area contributed by atoms with Crippen LogP contribution in [0.15, 0.2) is 24.3 Å². The van der Waals surface area contributed by atoms with E-state index in [-0.39, 0.29) is 12.1 Å². The van der Waals surface area contributed by atoms with E-state index in [0.717, 1.165) is 5.57 Å². The van der Waals surface area contributed by atoms with Gasteiger partial charge in [0.1, 0.15) is 5.60 Å². The van der Waals surface area contributed by atoms with Crippen molar-refractivity contribution in [2.45, 2.75) is 53.2 Å². The van der Waals surface area contributed by atoms with Gasteiger partial charge >= 0.3 is 6.09 Å². The standard InChI is InChI=1S/C14H25NO2/c1-8-9-12(4)10-15(11(2)3)13(16)17-14(5,6)7/h8-9,11H,1,10H2,2-7H3/b12-9+. The molecular formula is C14H25NO2. The van der Waals surface area contributed by atoms with Crippen molar-refractivity contribution in [1.29, 1.82) is 0 Å². The van der Waals surface area contributed by atoms with E-state index in [1.54, 1.807) is 11.0 Å². The number of nitrogens with zero attached hydrogens (tertiary/aromatic N) is 1. The third-order valence-electron chi connectivity index (χ3n) is 2.07. The number of carbonyl (C=O) groups is 1. The van der Waals surface area contributed by atoms with Crippen LogP contribution in [0.1, 0.15) is 41.5 Å². The third-order valence-corrected chi connectivity index (χ3v) is 2.07. The summed E-state index contributed by atoms with van der Waals surface area (Å²) < 4.78 is 5.37. The van der Waals surface area contributed by atoms with E-state index in [9.17, 15) is 4.79 Å². The Balaban J connectivity index is 4.69. The highest BCUT2D eigenvalue weighted by atomic mass is 16.6. The highest BCUT2D eigenvalue weighted by Gasteiger charge is 2.23. The maximum atomic E-state index is 12.0. The maximum Gasteiger partial charge on any atom is 0.410 e. The lowest BCUT2D eigenvalue weighted by Gasteiger charge is -2.30. The van der Waals surface area contributed by atoms with Crippen LogP contribution in [-0.2, 0) is 4.74 Å². The van der Waals surface area contributed by atoms with E-state index in [4.69, 9.17) is 4.74 Å². The lowest BCUT2D eigenvalue weighted by molar-refractivity contribution is 0.0211. The first-order valence-electron chi connectivity index (χ1n) is 5.95. The molecule has 0 rings (SSSR count). The first kappa shape index (κ1) is 15.8. The van der Waals surface area contributed by atoms with E-state index in [1.807, 2.05) is 47.6 Å². The van der Waals surface area contributed by atoms with Crippen molar-refractivity contribution in [1.82, 2.24) is 4.90 Å². The predicted molar refractivity (Wildman–Crippen MR) is 72.0 cm³/mol. The molecule has 0 fully saturated rings. The van der Waals surface area contributed by atoms with Crippen molar-refractivity contribution in [3.63, 3.8) is 0 Å². The summed E-state index contributed by atoms with van der Waals surface area (Å²) in [7, 11) is 0. The lowest BCUT2D eigenvalue weighted by Crippen LogP contribution is -2.41. The molecule has 0 saturated heterocycles. The van der Waals surface area contributed by atoms with Gasteiger partial charge in [-0.2, -0.15) is 0 Å². The average Bonchev–Trinajstić information content (AvgIpc) is 2.11. The monoisotopic (exact) mass is 239 g/mol. The van der Waals surface area contributed by atoms with Gasteiger partial charge in [-0.05, 0) is 41.5 Å². The van der Waals surface area contributed by atoms with Crippen LogP contribution < -0.4 is 0 Å². The molecule has 0 aromatic rings. The number of rotatable bonds is 4. The number of hydrogen-bond donors (Lipinski definition) is 0. The van der Waals surface area contributed by atoms with Crippen LogP contribution in [0, 0.1) is 0 Å². The SMILES string of the molecule is C=C/C=C(\C)CN(C(=O)OC(C)(C)C)C(C)C. The van der Waals surface area contributed by atoms with Crippen LogP contribution in [0.25, 0.3) is 0 Å². The molecule has 0 aromatic heterocycles. The van der Waals surface area contributed by atoms with Gasteiger partial charge in [0, 0.05) is 12.6 Å². The van der Waals surface area contributed by atoms with Crippen LogP contribution in [-0.4, -0.2) is 29.2 Å². The summed E-state index contributed by atoms with van der Waals surface area (Å²) in [5.41, 5.74) is 0.625. The highest BCUT2D eigenvalue weighted by molar-refractivity contribution is 5.68. The molecule has 0 spiro atoms. The van der Waals surface area contributed by atoms with Crippen molar-refractivity contribution in [2.24, 2.45) is 0 Å². The molecule has 0 aromatic carbocycles. The first-order valence-corrected chi connectivity index (χ1v) is 5.95. The molecule has 0 atom stereocenters. The summed E-state index contributed by atoms with van der Waals surface area (Å²) in [5.74, 6) is 0. The first-order chi connectivity index (χ1) is 7.67. The quantitative estimate of drug-likeness (QED) is 0.699. The van der Waals surface area contributed by atoms with E-state index < -0.39 is 5.60 Å². The van der Waals surface area contributed by atoms with Crippen molar-refractivity contribution < 1.29 is 9.53 Å². The Kier molecular flexibility index (Phi) is 6.00. The molecule has 17 heavy (non-hydrogen) atoms. The Bertz CT molecular complexity index is 298. The Morgan fingerprint density at radius 2 is 1.94 bits per heavy atom. The van der Waals surface area contributed by atoms with Crippen LogP contribution in [0.5, 0.6) is 0 Å². The second kappa shape index (κ2) is 6.48. The molecular weight excluding hydrogens is 214 g/mol. The Labute approximate surface area is 105 Å². The van der Waals surface area contributed by atoms with Crippen molar-refractivity contribution in [3.8, 4) is 0 Å². The van der Waals surface area contributed by atoms with Gasteiger partial charge in [0.2, 0.25) is 0 Å². The molecule has 0 heterocycles. The van der Waals surface area contributed by atoms with Gasteiger partial charge in [-0.1, -0.05) is 24.3 Å². The van der Waals surface area contributed by atoms with Crippen LogP contribution in [0.3, 0.4) is 0 Å². The molecule has 3 heteroatoms. The molecule has 0 unspecified atom stereocenters. The Hall–Kier alpha value is -1.25. The zero-order valence-electron chi connectivity index (χ0n) is 11.9. The minimum Gasteiger partial charge on any atom is -0.444 e. The summed E-state index contributed by atoms with van der Waals surface area (Å²) in [5, 5.41) is 0. The molecule has 98 valence electrons. The van der Waals surface area contributed by atoms with Crippen molar-refractivity contribution in [2.75, 3.05) is 6.54 Å². The normalized spacial score (nSPS) is 12.5. The molecule has 1 amide bonds. The second-order valence-corrected chi connectivity index (χ2v) is 5.45. The van der Waals surface area contributed by atoms with Gasteiger partial charge in [-0.25, -0.2) is 4.79 Å². The summed E-state index contributed by atoms with van der Waals surface area (Å²) in [6, 6.07) is 0.109. The van der Waals surface area contributed by atoms with Crippen LogP contribution in [0.4, 0.5) is 4.79 Å². The maximum absolute atomic E-state index is 12.0. The topological polar surface area (TPSA) is 29.5 Å². The molecule has 0 radical (unpaired) electrons. The fraction of sp³-hybridized carbons (Fsp3) is 0.643. The zero-order chi connectivity index (χ0) is 13.6. The number of amides is 1. The average molecular weight is 239 g/mol. The summed E-state index contributed by atoms with van der Waals surface area (Å²) >= 11 is 0. The molecule has 3 nitrogen and oxygen atoms in total. The fourth-order valence-corrected chi connectivity index (χ4v) is 1.30. The number of ether oxygens (including phenoxy) is 1. The number of hydrogen-bond acceptors (Lipinski definition) is 2. The van der Waals surface area contributed by atoms with E-state index in [2.05, 4.69) is 6.58 Å². The zero-order valence-corrected chi connectivity index (χ0v) is 11.9. The van der Waals surface area contributed by atoms with Crippen molar-refractivity contribution in [3.05, 3.63) is 24.3 Å². The molecule has 0 N–H and O–H groups in total. The van der Waals surface area contributed by atoms with Gasteiger partial charge in [-0.3, -0.25) is 0 Å². The smallest absolute Gasteiger partial charge is 0.410 e. The van der Waals surface area contributed by atoms with Gasteiger partial charge in [0.25, 0.3) is 0 Å². The molecule has 0 aliphatic carbocycles.